The molecule has 25 heavy (non-hydrogen) atoms. The second-order valence-corrected chi connectivity index (χ2v) is 6.00. The van der Waals surface area contributed by atoms with Crippen LogP contribution in [-0.2, 0) is 11.2 Å². The van der Waals surface area contributed by atoms with Gasteiger partial charge in [0.15, 0.2) is 5.76 Å². The molecule has 1 aromatic carbocycles. The van der Waals surface area contributed by atoms with Gasteiger partial charge in [0.2, 0.25) is 5.91 Å². The molecule has 6 heteroatoms. The van der Waals surface area contributed by atoms with Crippen LogP contribution in [0.1, 0.15) is 22.5 Å². The number of hydrogen-bond acceptors (Lipinski definition) is 4. The van der Waals surface area contributed by atoms with Gasteiger partial charge in [-0.1, -0.05) is 12.1 Å². The Morgan fingerprint density at radius 2 is 1.84 bits per heavy atom. The highest BCUT2D eigenvalue weighted by Gasteiger charge is 2.25. The number of aryl methyl sites for hydroxylation is 1. The molecule has 1 saturated heterocycles. The lowest BCUT2D eigenvalue weighted by atomic mass is 10.1. The van der Waals surface area contributed by atoms with Crippen LogP contribution in [0.25, 0.3) is 0 Å². The van der Waals surface area contributed by atoms with Crippen LogP contribution in [0.15, 0.2) is 47.1 Å². The molecule has 2 aromatic rings. The second-order valence-electron chi connectivity index (χ2n) is 6.00. The summed E-state index contributed by atoms with van der Waals surface area (Å²) in [6.07, 6.45) is 2.63. The van der Waals surface area contributed by atoms with Gasteiger partial charge in [0.1, 0.15) is 5.75 Å². The average Bonchev–Trinajstić information content (AvgIpc) is 3.20. The van der Waals surface area contributed by atoms with Crippen molar-refractivity contribution in [2.75, 3.05) is 33.3 Å². The van der Waals surface area contributed by atoms with E-state index in [1.165, 1.54) is 6.26 Å². The fourth-order valence-corrected chi connectivity index (χ4v) is 2.95. The van der Waals surface area contributed by atoms with E-state index in [0.29, 0.717) is 44.8 Å². The second kappa shape index (κ2) is 7.88. The molecule has 0 N–H and O–H groups in total. The minimum Gasteiger partial charge on any atom is -0.497 e. The molecular formula is C19H22N2O4. The summed E-state index contributed by atoms with van der Waals surface area (Å²) in [6, 6.07) is 11.1. The first-order chi connectivity index (χ1) is 12.2. The van der Waals surface area contributed by atoms with Gasteiger partial charge in [0, 0.05) is 32.6 Å². The Bertz CT molecular complexity index is 719. The summed E-state index contributed by atoms with van der Waals surface area (Å²) >= 11 is 0. The molecule has 1 aliphatic rings. The van der Waals surface area contributed by atoms with Crippen LogP contribution < -0.4 is 4.74 Å². The van der Waals surface area contributed by atoms with E-state index in [4.69, 9.17) is 9.15 Å². The van der Waals surface area contributed by atoms with E-state index >= 15 is 0 Å². The average molecular weight is 342 g/mol. The number of methoxy groups -OCH3 is 1. The summed E-state index contributed by atoms with van der Waals surface area (Å²) in [5.41, 5.74) is 1.08. The van der Waals surface area contributed by atoms with E-state index in [-0.39, 0.29) is 11.8 Å². The maximum Gasteiger partial charge on any atom is 0.289 e. The molecule has 3 rings (SSSR count). The van der Waals surface area contributed by atoms with E-state index in [0.717, 1.165) is 11.3 Å². The first-order valence-corrected chi connectivity index (χ1v) is 8.41. The lowest BCUT2D eigenvalue weighted by molar-refractivity contribution is -0.132. The van der Waals surface area contributed by atoms with Gasteiger partial charge in [-0.2, -0.15) is 0 Å². The molecule has 0 aliphatic carbocycles. The number of furan rings is 1. The molecule has 0 atom stereocenters. The van der Waals surface area contributed by atoms with Gasteiger partial charge in [-0.25, -0.2) is 0 Å². The smallest absolute Gasteiger partial charge is 0.289 e. The zero-order valence-corrected chi connectivity index (χ0v) is 14.3. The number of carbonyl (C=O) groups is 2. The molecule has 1 fully saturated rings. The molecule has 2 amide bonds. The van der Waals surface area contributed by atoms with Crippen molar-refractivity contribution in [1.29, 1.82) is 0 Å². The standard InChI is InChI=1S/C19H22N2O4/c1-24-16-5-2-4-15(14-16)7-8-18(22)20-9-11-21(12-10-20)19(23)17-6-3-13-25-17/h2-6,13-14H,7-12H2,1H3. The van der Waals surface area contributed by atoms with Crippen molar-refractivity contribution in [3.63, 3.8) is 0 Å². The molecule has 0 spiro atoms. The van der Waals surface area contributed by atoms with Crippen molar-refractivity contribution in [3.8, 4) is 5.75 Å². The Balaban J connectivity index is 1.47. The van der Waals surface area contributed by atoms with Gasteiger partial charge in [0.25, 0.3) is 5.91 Å². The Morgan fingerprint density at radius 1 is 1.08 bits per heavy atom. The minimum absolute atomic E-state index is 0.117. The molecule has 2 heterocycles. The molecule has 1 aliphatic heterocycles. The van der Waals surface area contributed by atoms with Crippen LogP contribution in [0.4, 0.5) is 0 Å². The van der Waals surface area contributed by atoms with Crippen LogP contribution >= 0.6 is 0 Å². The van der Waals surface area contributed by atoms with E-state index in [1.54, 1.807) is 24.1 Å². The normalized spacial score (nSPS) is 14.4. The summed E-state index contributed by atoms with van der Waals surface area (Å²) in [5.74, 6) is 1.15. The number of rotatable bonds is 5. The van der Waals surface area contributed by atoms with Crippen LogP contribution in [0.5, 0.6) is 5.75 Å². The Hall–Kier alpha value is -2.76. The van der Waals surface area contributed by atoms with Crippen molar-refractivity contribution in [2.45, 2.75) is 12.8 Å². The summed E-state index contributed by atoms with van der Waals surface area (Å²) in [5, 5.41) is 0. The largest absolute Gasteiger partial charge is 0.497 e. The van der Waals surface area contributed by atoms with E-state index in [2.05, 4.69) is 0 Å². The molecule has 0 bridgehead atoms. The summed E-state index contributed by atoms with van der Waals surface area (Å²) in [7, 11) is 1.63. The zero-order chi connectivity index (χ0) is 17.6. The zero-order valence-electron chi connectivity index (χ0n) is 14.3. The highest BCUT2D eigenvalue weighted by atomic mass is 16.5. The van der Waals surface area contributed by atoms with Crippen molar-refractivity contribution in [1.82, 2.24) is 9.80 Å². The highest BCUT2D eigenvalue weighted by molar-refractivity contribution is 5.91. The molecular weight excluding hydrogens is 320 g/mol. The monoisotopic (exact) mass is 342 g/mol. The van der Waals surface area contributed by atoms with Crippen LogP contribution in [0.3, 0.4) is 0 Å². The fourth-order valence-electron chi connectivity index (χ4n) is 2.95. The Morgan fingerprint density at radius 3 is 2.52 bits per heavy atom. The molecule has 0 saturated carbocycles. The van der Waals surface area contributed by atoms with E-state index < -0.39 is 0 Å². The predicted octanol–water partition coefficient (Wildman–Crippen LogP) is 2.21. The molecule has 132 valence electrons. The maximum atomic E-state index is 12.4. The van der Waals surface area contributed by atoms with E-state index in [1.807, 2.05) is 29.2 Å². The third kappa shape index (κ3) is 4.21. The number of carbonyl (C=O) groups excluding carboxylic acids is 2. The summed E-state index contributed by atoms with van der Waals surface area (Å²) in [6.45, 7) is 2.18. The molecule has 1 aromatic heterocycles. The predicted molar refractivity (Wildman–Crippen MR) is 92.5 cm³/mol. The van der Waals surface area contributed by atoms with E-state index in [9.17, 15) is 9.59 Å². The topological polar surface area (TPSA) is 63.0 Å². The van der Waals surface area contributed by atoms with Crippen LogP contribution in [0.2, 0.25) is 0 Å². The summed E-state index contributed by atoms with van der Waals surface area (Å²) < 4.78 is 10.3. The Labute approximate surface area is 147 Å². The van der Waals surface area contributed by atoms with Crippen molar-refractivity contribution in [3.05, 3.63) is 54.0 Å². The van der Waals surface area contributed by atoms with Crippen molar-refractivity contribution < 1.29 is 18.7 Å². The first kappa shape index (κ1) is 17.1. The molecule has 0 radical (unpaired) electrons. The first-order valence-electron chi connectivity index (χ1n) is 8.41. The molecule has 0 unspecified atom stereocenters. The summed E-state index contributed by atoms with van der Waals surface area (Å²) in [4.78, 5) is 28.2. The number of amides is 2. The Kier molecular flexibility index (Phi) is 5.38. The van der Waals surface area contributed by atoms with Gasteiger partial charge in [-0.15, -0.1) is 0 Å². The van der Waals surface area contributed by atoms with Gasteiger partial charge in [-0.3, -0.25) is 9.59 Å². The van der Waals surface area contributed by atoms with Gasteiger partial charge in [0.05, 0.1) is 13.4 Å². The van der Waals surface area contributed by atoms with Crippen LogP contribution in [0, 0.1) is 0 Å². The fraction of sp³-hybridized carbons (Fsp3) is 0.368. The number of benzene rings is 1. The number of hydrogen-bond donors (Lipinski definition) is 0. The number of ether oxygens (including phenoxy) is 1. The van der Waals surface area contributed by atoms with Crippen molar-refractivity contribution >= 4 is 11.8 Å². The quantitative estimate of drug-likeness (QED) is 0.836. The number of nitrogens with zero attached hydrogens (tertiary/aromatic N) is 2. The maximum absolute atomic E-state index is 12.4. The highest BCUT2D eigenvalue weighted by Crippen LogP contribution is 2.15. The third-order valence-electron chi connectivity index (χ3n) is 4.41. The SMILES string of the molecule is COc1cccc(CCC(=O)N2CCN(C(=O)c3ccco3)CC2)c1. The third-order valence-corrected chi connectivity index (χ3v) is 4.41. The van der Waals surface area contributed by atoms with Gasteiger partial charge in [-0.05, 0) is 36.2 Å². The van der Waals surface area contributed by atoms with Gasteiger partial charge >= 0.3 is 0 Å². The minimum atomic E-state index is -0.117. The lowest BCUT2D eigenvalue weighted by Crippen LogP contribution is -2.50. The van der Waals surface area contributed by atoms with Gasteiger partial charge < -0.3 is 19.0 Å². The van der Waals surface area contributed by atoms with Crippen molar-refractivity contribution in [2.24, 2.45) is 0 Å². The molecule has 6 nitrogen and oxygen atoms in total. The van der Waals surface area contributed by atoms with Crippen LogP contribution in [-0.4, -0.2) is 54.9 Å². The lowest BCUT2D eigenvalue weighted by Gasteiger charge is -2.34. The number of piperazine rings is 1.